The van der Waals surface area contributed by atoms with E-state index in [0.717, 1.165) is 0 Å². The number of hydrogen-bond donors (Lipinski definition) is 1. The van der Waals surface area contributed by atoms with Crippen LogP contribution in [0, 0.1) is 0 Å². The van der Waals surface area contributed by atoms with E-state index in [4.69, 9.17) is 4.74 Å². The minimum Gasteiger partial charge on any atom is -0.465 e. The van der Waals surface area contributed by atoms with Gasteiger partial charge in [0, 0.05) is 8.95 Å². The molecule has 0 aliphatic carbocycles. The van der Waals surface area contributed by atoms with Crippen molar-refractivity contribution in [2.45, 2.75) is 24.8 Å². The van der Waals surface area contributed by atoms with Gasteiger partial charge in [0.05, 0.1) is 11.5 Å². The van der Waals surface area contributed by atoms with Gasteiger partial charge < -0.3 is 4.74 Å². The number of ether oxygens (including phenoxy) is 1. The average molecular weight is 415 g/mol. The Bertz CT molecular complexity index is 574. The summed E-state index contributed by atoms with van der Waals surface area (Å²) in [6.45, 7) is 3.29. The molecule has 0 spiro atoms. The Morgan fingerprint density at radius 1 is 1.42 bits per heavy atom. The molecule has 1 aromatic carbocycles. The van der Waals surface area contributed by atoms with Gasteiger partial charge in [-0.3, -0.25) is 4.79 Å². The molecule has 0 fully saturated rings. The number of rotatable bonds is 5. The molecule has 8 heteroatoms. The van der Waals surface area contributed by atoms with Crippen LogP contribution in [0.2, 0.25) is 0 Å². The van der Waals surface area contributed by atoms with E-state index < -0.39 is 22.0 Å². The van der Waals surface area contributed by atoms with Gasteiger partial charge in [0.15, 0.2) is 0 Å². The molecular formula is C11H13Br2NO4S. The van der Waals surface area contributed by atoms with Crippen LogP contribution in [0.4, 0.5) is 0 Å². The first-order valence-electron chi connectivity index (χ1n) is 5.42. The molecule has 19 heavy (non-hydrogen) atoms. The van der Waals surface area contributed by atoms with Crippen molar-refractivity contribution < 1.29 is 17.9 Å². The largest absolute Gasteiger partial charge is 0.465 e. The molecule has 0 aromatic heterocycles. The van der Waals surface area contributed by atoms with Crippen LogP contribution in [0.5, 0.6) is 0 Å². The van der Waals surface area contributed by atoms with E-state index in [-0.39, 0.29) is 11.5 Å². The molecule has 1 aromatic rings. The summed E-state index contributed by atoms with van der Waals surface area (Å²) in [5, 5.41) is 0. The second kappa shape index (κ2) is 6.83. The van der Waals surface area contributed by atoms with Crippen molar-refractivity contribution in [3.63, 3.8) is 0 Å². The third kappa shape index (κ3) is 4.55. The predicted octanol–water partition coefficient (Wildman–Crippen LogP) is 2.44. The second-order valence-corrected chi connectivity index (χ2v) is 7.12. The second-order valence-electron chi connectivity index (χ2n) is 3.67. The maximum absolute atomic E-state index is 12.2. The van der Waals surface area contributed by atoms with Crippen LogP contribution in [-0.2, 0) is 19.6 Å². The lowest BCUT2D eigenvalue weighted by molar-refractivity contribution is -0.144. The maximum atomic E-state index is 12.2. The molecule has 0 aliphatic rings. The minimum absolute atomic E-state index is 0.0537. The zero-order valence-corrected chi connectivity index (χ0v) is 14.3. The van der Waals surface area contributed by atoms with Gasteiger partial charge in [0.2, 0.25) is 10.0 Å². The number of sulfonamides is 1. The normalized spacial score (nSPS) is 13.1. The summed E-state index contributed by atoms with van der Waals surface area (Å²) in [6.07, 6.45) is 0. The van der Waals surface area contributed by atoms with E-state index >= 15 is 0 Å². The van der Waals surface area contributed by atoms with Gasteiger partial charge in [-0.2, -0.15) is 4.72 Å². The highest BCUT2D eigenvalue weighted by Gasteiger charge is 2.24. The standard InChI is InChI=1S/C11H13Br2NO4S/c1-3-18-11(15)7(2)14-19(16,17)10-6-8(12)4-5-9(10)13/h4-7,14H,3H2,1-2H3. The van der Waals surface area contributed by atoms with Gasteiger partial charge in [-0.15, -0.1) is 0 Å². The highest BCUT2D eigenvalue weighted by atomic mass is 79.9. The molecule has 106 valence electrons. The molecule has 0 heterocycles. The number of carbonyl (C=O) groups excluding carboxylic acids is 1. The van der Waals surface area contributed by atoms with Crippen LogP contribution in [0.3, 0.4) is 0 Å². The molecule has 1 rings (SSSR count). The number of carbonyl (C=O) groups is 1. The molecular weight excluding hydrogens is 402 g/mol. The summed E-state index contributed by atoms with van der Waals surface area (Å²) in [6, 6.07) is 3.81. The third-order valence-electron chi connectivity index (χ3n) is 2.15. The molecule has 0 saturated carbocycles. The van der Waals surface area contributed by atoms with E-state index in [0.29, 0.717) is 8.95 Å². The Hall–Kier alpha value is -0.440. The van der Waals surface area contributed by atoms with Crippen LogP contribution in [-0.4, -0.2) is 27.0 Å². The van der Waals surface area contributed by atoms with Crippen LogP contribution < -0.4 is 4.72 Å². The Morgan fingerprint density at radius 3 is 2.63 bits per heavy atom. The van der Waals surface area contributed by atoms with Gasteiger partial charge in [0.1, 0.15) is 6.04 Å². The van der Waals surface area contributed by atoms with Crippen molar-refractivity contribution in [3.8, 4) is 0 Å². The summed E-state index contributed by atoms with van der Waals surface area (Å²) >= 11 is 6.37. The van der Waals surface area contributed by atoms with E-state index in [2.05, 4.69) is 36.6 Å². The fraction of sp³-hybridized carbons (Fsp3) is 0.364. The lowest BCUT2D eigenvalue weighted by Crippen LogP contribution is -2.39. The maximum Gasteiger partial charge on any atom is 0.323 e. The zero-order valence-electron chi connectivity index (χ0n) is 10.3. The first-order chi connectivity index (χ1) is 8.77. The Kier molecular flexibility index (Phi) is 5.97. The first kappa shape index (κ1) is 16.6. The van der Waals surface area contributed by atoms with E-state index in [1.807, 2.05) is 0 Å². The molecule has 0 amide bonds. The first-order valence-corrected chi connectivity index (χ1v) is 8.49. The average Bonchev–Trinajstić information content (AvgIpc) is 2.31. The summed E-state index contributed by atoms with van der Waals surface area (Å²) in [5.41, 5.74) is 0. The Morgan fingerprint density at radius 2 is 2.05 bits per heavy atom. The quantitative estimate of drug-likeness (QED) is 0.751. The fourth-order valence-corrected chi connectivity index (χ4v) is 3.99. The zero-order chi connectivity index (χ0) is 14.6. The van der Waals surface area contributed by atoms with Crippen LogP contribution >= 0.6 is 31.9 Å². The SMILES string of the molecule is CCOC(=O)C(C)NS(=O)(=O)c1cc(Br)ccc1Br. The number of halogens is 2. The summed E-state index contributed by atoms with van der Waals surface area (Å²) in [4.78, 5) is 11.5. The molecule has 0 aliphatic heterocycles. The topological polar surface area (TPSA) is 72.5 Å². The van der Waals surface area contributed by atoms with Gasteiger partial charge >= 0.3 is 5.97 Å². The monoisotopic (exact) mass is 413 g/mol. The molecule has 0 bridgehead atoms. The molecule has 0 radical (unpaired) electrons. The summed E-state index contributed by atoms with van der Waals surface area (Å²) < 4.78 is 32.4. The fourth-order valence-electron chi connectivity index (χ4n) is 1.29. The van der Waals surface area contributed by atoms with Crippen LogP contribution in [0.25, 0.3) is 0 Å². The van der Waals surface area contributed by atoms with Crippen LogP contribution in [0.15, 0.2) is 32.0 Å². The Balaban J connectivity index is 2.99. The highest BCUT2D eigenvalue weighted by Crippen LogP contribution is 2.25. The van der Waals surface area contributed by atoms with E-state index in [9.17, 15) is 13.2 Å². The number of nitrogens with one attached hydrogen (secondary N) is 1. The smallest absolute Gasteiger partial charge is 0.323 e. The minimum atomic E-state index is -3.80. The number of esters is 1. The molecule has 1 atom stereocenters. The lowest BCUT2D eigenvalue weighted by atomic mass is 10.4. The summed E-state index contributed by atoms with van der Waals surface area (Å²) in [5.74, 6) is -0.614. The van der Waals surface area contributed by atoms with Crippen LogP contribution in [0.1, 0.15) is 13.8 Å². The highest BCUT2D eigenvalue weighted by molar-refractivity contribution is 9.11. The van der Waals surface area contributed by atoms with Crippen molar-refractivity contribution >= 4 is 47.9 Å². The van der Waals surface area contributed by atoms with Gasteiger partial charge in [-0.05, 0) is 48.0 Å². The van der Waals surface area contributed by atoms with Gasteiger partial charge in [-0.25, -0.2) is 8.42 Å². The third-order valence-corrected chi connectivity index (χ3v) is 5.18. The lowest BCUT2D eigenvalue weighted by Gasteiger charge is -2.14. The predicted molar refractivity (Wildman–Crippen MR) is 78.3 cm³/mol. The van der Waals surface area contributed by atoms with Crippen molar-refractivity contribution in [1.29, 1.82) is 0 Å². The molecule has 1 N–H and O–H groups in total. The van der Waals surface area contributed by atoms with Gasteiger partial charge in [0.25, 0.3) is 0 Å². The summed E-state index contributed by atoms with van der Waals surface area (Å²) in [7, 11) is -3.80. The van der Waals surface area contributed by atoms with Gasteiger partial charge in [-0.1, -0.05) is 15.9 Å². The molecule has 0 saturated heterocycles. The Labute approximate surface area is 129 Å². The van der Waals surface area contributed by atoms with E-state index in [1.54, 1.807) is 19.1 Å². The van der Waals surface area contributed by atoms with Crippen molar-refractivity contribution in [2.75, 3.05) is 6.61 Å². The number of benzene rings is 1. The van der Waals surface area contributed by atoms with Crippen molar-refractivity contribution in [3.05, 3.63) is 27.1 Å². The number of hydrogen-bond acceptors (Lipinski definition) is 4. The van der Waals surface area contributed by atoms with E-state index in [1.165, 1.54) is 13.0 Å². The van der Waals surface area contributed by atoms with Crippen molar-refractivity contribution in [1.82, 2.24) is 4.72 Å². The molecule has 5 nitrogen and oxygen atoms in total. The molecule has 1 unspecified atom stereocenters. The van der Waals surface area contributed by atoms with Crippen molar-refractivity contribution in [2.24, 2.45) is 0 Å².